The molecular weight excluding hydrogens is 667 g/mol. The third-order valence-electron chi connectivity index (χ3n) is 5.84. The van der Waals surface area contributed by atoms with Gasteiger partial charge in [0.2, 0.25) is 0 Å². The highest BCUT2D eigenvalue weighted by Crippen LogP contribution is 2.33. The molecule has 0 amide bonds. The molecule has 6 aromatic carbocycles. The molecule has 0 radical (unpaired) electrons. The summed E-state index contributed by atoms with van der Waals surface area (Å²) in [5.74, 6) is 0. The molecule has 0 atom stereocenters. The predicted molar refractivity (Wildman–Crippen MR) is 173 cm³/mol. The van der Waals surface area contributed by atoms with Gasteiger partial charge in [-0.05, 0) is 45.6 Å². The molecule has 0 aliphatic rings. The van der Waals surface area contributed by atoms with Crippen LogP contribution >= 0.6 is 47.8 Å². The highest BCUT2D eigenvalue weighted by Gasteiger charge is 2.08. The second-order valence-electron chi connectivity index (χ2n) is 8.37. The maximum absolute atomic E-state index is 8.58. The van der Waals surface area contributed by atoms with E-state index >= 15 is 0 Å². The fraction of sp³-hybridized carbons (Fsp3) is 0. The van der Waals surface area contributed by atoms with Crippen LogP contribution in [-0.4, -0.2) is 17.2 Å². The lowest BCUT2D eigenvalue weighted by Gasteiger charge is -2.08. The Kier molecular flexibility index (Phi) is 10.3. The van der Waals surface area contributed by atoms with E-state index in [1.165, 1.54) is 32.7 Å². The summed E-state index contributed by atoms with van der Waals surface area (Å²) >= 11 is 10.7. The summed E-state index contributed by atoms with van der Waals surface area (Å²) in [4.78, 5) is 0. The molecule has 0 aromatic heterocycles. The van der Waals surface area contributed by atoms with Crippen molar-refractivity contribution in [1.29, 1.82) is 0 Å². The fourth-order valence-corrected chi connectivity index (χ4v) is 6.08. The minimum Gasteiger partial charge on any atom is -0.423 e. The van der Waals surface area contributed by atoms with Gasteiger partial charge >= 0.3 is 7.12 Å². The summed E-state index contributed by atoms with van der Waals surface area (Å²) in [7, 11) is -1.34. The van der Waals surface area contributed by atoms with Gasteiger partial charge in [-0.2, -0.15) is 0 Å². The number of benzene rings is 6. The molecule has 0 aliphatic carbocycles. The van der Waals surface area contributed by atoms with Gasteiger partial charge in [0.25, 0.3) is 0 Å². The molecule has 0 aliphatic heterocycles. The van der Waals surface area contributed by atoms with Crippen molar-refractivity contribution in [3.05, 3.63) is 147 Å². The molecule has 0 heterocycles. The van der Waals surface area contributed by atoms with E-state index in [0.717, 1.165) is 13.4 Å². The molecule has 0 fully saturated rings. The predicted octanol–water partition coefficient (Wildman–Crippen LogP) is 9.00. The first-order valence-corrected chi connectivity index (χ1v) is 14.3. The minimum atomic E-state index is -1.34. The van der Waals surface area contributed by atoms with E-state index in [1.54, 1.807) is 24.3 Å². The van der Waals surface area contributed by atoms with E-state index in [-0.39, 0.29) is 0 Å². The Morgan fingerprint density at radius 3 is 1.29 bits per heavy atom. The van der Waals surface area contributed by atoms with Crippen LogP contribution in [0.3, 0.4) is 0 Å². The summed E-state index contributed by atoms with van der Waals surface area (Å²) in [5.41, 5.74) is 3.05. The molecule has 6 rings (SSSR count). The van der Waals surface area contributed by atoms with Gasteiger partial charge in [-0.25, -0.2) is 0 Å². The van der Waals surface area contributed by atoms with E-state index in [2.05, 4.69) is 121 Å². The van der Waals surface area contributed by atoms with Gasteiger partial charge in [0, 0.05) is 24.2 Å². The summed E-state index contributed by atoms with van der Waals surface area (Å²) in [6.07, 6.45) is 0. The first kappa shape index (κ1) is 28.3. The van der Waals surface area contributed by atoms with E-state index < -0.39 is 7.12 Å². The van der Waals surface area contributed by atoms with Crippen molar-refractivity contribution in [2.45, 2.75) is 0 Å². The zero-order valence-corrected chi connectivity index (χ0v) is 25.1. The summed E-state index contributed by atoms with van der Waals surface area (Å²) in [6.45, 7) is 0. The Hall–Kier alpha value is -2.74. The highest BCUT2D eigenvalue weighted by atomic mass is 79.9. The Labute approximate surface area is 248 Å². The van der Waals surface area contributed by atoms with Gasteiger partial charge in [0.1, 0.15) is 0 Å². The largest absolute Gasteiger partial charge is 0.488 e. The van der Waals surface area contributed by atoms with Crippen LogP contribution in [-0.2, 0) is 0 Å². The van der Waals surface area contributed by atoms with Crippen LogP contribution < -0.4 is 5.46 Å². The molecule has 0 unspecified atom stereocenters. The average molecular weight is 691 g/mol. The van der Waals surface area contributed by atoms with Crippen molar-refractivity contribution in [2.75, 3.05) is 0 Å². The third-order valence-corrected chi connectivity index (χ3v) is 7.82. The molecule has 38 heavy (non-hydrogen) atoms. The zero-order valence-electron chi connectivity index (χ0n) is 20.3. The molecule has 188 valence electrons. The van der Waals surface area contributed by atoms with Gasteiger partial charge in [0.05, 0.1) is 0 Å². The van der Waals surface area contributed by atoms with Crippen LogP contribution in [0.15, 0.2) is 147 Å². The standard InChI is InChI=1S/C16H11Br.C10H6Br2.C6H7BO2/c17-15-11-5-9-13-8-4-10-14(16(13)15)12-6-2-1-3-7-12;11-8-5-1-3-7-4-2-6-9(12)10(7)8;8-7(9)6-4-2-1-3-5-6/h1-11H;1-6H;1-5,8-9H. The Balaban J connectivity index is 0.000000141. The quantitative estimate of drug-likeness (QED) is 0.178. The van der Waals surface area contributed by atoms with Crippen LogP contribution in [0.25, 0.3) is 32.7 Å². The normalized spacial score (nSPS) is 10.2. The van der Waals surface area contributed by atoms with Crippen molar-refractivity contribution in [3.8, 4) is 11.1 Å². The highest BCUT2D eigenvalue weighted by molar-refractivity contribution is 9.11. The minimum absolute atomic E-state index is 0.525. The van der Waals surface area contributed by atoms with Crippen molar-refractivity contribution < 1.29 is 10.0 Å². The molecule has 0 bridgehead atoms. The van der Waals surface area contributed by atoms with Crippen molar-refractivity contribution in [2.24, 2.45) is 0 Å². The van der Waals surface area contributed by atoms with Gasteiger partial charge in [-0.1, -0.05) is 163 Å². The molecule has 6 heteroatoms. The number of hydrogen-bond donors (Lipinski definition) is 2. The average Bonchev–Trinajstić information content (AvgIpc) is 2.95. The molecule has 0 spiro atoms. The third kappa shape index (κ3) is 7.22. The lowest BCUT2D eigenvalue weighted by molar-refractivity contribution is 0.426. The molecule has 0 saturated heterocycles. The van der Waals surface area contributed by atoms with Gasteiger partial charge < -0.3 is 10.0 Å². The van der Waals surface area contributed by atoms with Gasteiger partial charge in [-0.15, -0.1) is 0 Å². The number of fused-ring (bicyclic) bond motifs is 2. The van der Waals surface area contributed by atoms with Crippen LogP contribution in [0, 0.1) is 0 Å². The van der Waals surface area contributed by atoms with Crippen molar-refractivity contribution in [1.82, 2.24) is 0 Å². The lowest BCUT2D eigenvalue weighted by Crippen LogP contribution is -2.29. The molecular formula is C32H24BBr3O2. The summed E-state index contributed by atoms with van der Waals surface area (Å²) in [5, 5.41) is 22.2. The Bertz CT molecular complexity index is 1580. The summed E-state index contributed by atoms with van der Waals surface area (Å²) in [6, 6.07) is 44.3. The monoisotopic (exact) mass is 688 g/mol. The van der Waals surface area contributed by atoms with Crippen LogP contribution in [0.2, 0.25) is 0 Å². The maximum Gasteiger partial charge on any atom is 0.488 e. The Morgan fingerprint density at radius 1 is 0.421 bits per heavy atom. The SMILES string of the molecule is Brc1cccc2cccc(-c3ccccc3)c12.Brc1cccc2cccc(Br)c12.OB(O)c1ccccc1. The first-order chi connectivity index (χ1) is 18.5. The number of rotatable bonds is 2. The second-order valence-corrected chi connectivity index (χ2v) is 10.9. The van der Waals surface area contributed by atoms with E-state index in [1.807, 2.05) is 36.4 Å². The fourth-order valence-electron chi connectivity index (χ4n) is 4.03. The van der Waals surface area contributed by atoms with E-state index in [0.29, 0.717) is 5.46 Å². The van der Waals surface area contributed by atoms with Crippen molar-refractivity contribution >= 4 is 81.9 Å². The van der Waals surface area contributed by atoms with Crippen LogP contribution in [0.1, 0.15) is 0 Å². The number of hydrogen-bond acceptors (Lipinski definition) is 2. The van der Waals surface area contributed by atoms with Crippen molar-refractivity contribution in [3.63, 3.8) is 0 Å². The van der Waals surface area contributed by atoms with E-state index in [9.17, 15) is 0 Å². The molecule has 2 N–H and O–H groups in total. The van der Waals surface area contributed by atoms with Crippen LogP contribution in [0.5, 0.6) is 0 Å². The first-order valence-electron chi connectivity index (χ1n) is 11.9. The smallest absolute Gasteiger partial charge is 0.423 e. The molecule has 6 aromatic rings. The lowest BCUT2D eigenvalue weighted by atomic mass is 9.81. The van der Waals surface area contributed by atoms with Crippen LogP contribution in [0.4, 0.5) is 0 Å². The summed E-state index contributed by atoms with van der Waals surface area (Å²) < 4.78 is 3.41. The maximum atomic E-state index is 8.58. The molecule has 0 saturated carbocycles. The zero-order chi connectivity index (χ0) is 26.9. The van der Waals surface area contributed by atoms with E-state index in [4.69, 9.17) is 10.0 Å². The Morgan fingerprint density at radius 2 is 0.842 bits per heavy atom. The second kappa shape index (κ2) is 13.9. The number of halogens is 3. The molecule has 2 nitrogen and oxygen atoms in total. The topological polar surface area (TPSA) is 40.5 Å². The van der Waals surface area contributed by atoms with Gasteiger partial charge in [0.15, 0.2) is 0 Å². The van der Waals surface area contributed by atoms with Gasteiger partial charge in [-0.3, -0.25) is 0 Å².